The van der Waals surface area contributed by atoms with Crippen molar-refractivity contribution in [2.75, 3.05) is 38.1 Å². The van der Waals surface area contributed by atoms with Crippen molar-refractivity contribution in [3.63, 3.8) is 0 Å². The molecule has 1 aliphatic rings. The fourth-order valence-electron chi connectivity index (χ4n) is 2.68. The standard InChI is InChI=1S/C18H20FN5O3/c1-2-27-18(26)24-9-7-23(8-10-24)16(25)13-11-20-17(21-12-13)22-15-6-4-3-5-14(15)19/h3-6,11-12H,2,7-10H2,1H3,(H,20,21,22). The first-order chi connectivity index (χ1) is 13.1. The van der Waals surface area contributed by atoms with Crippen LogP contribution in [-0.2, 0) is 4.74 Å². The monoisotopic (exact) mass is 373 g/mol. The first-order valence-corrected chi connectivity index (χ1v) is 8.63. The van der Waals surface area contributed by atoms with E-state index in [1.54, 1.807) is 34.9 Å². The number of hydrogen-bond acceptors (Lipinski definition) is 6. The molecule has 2 aromatic rings. The molecule has 0 spiro atoms. The number of rotatable bonds is 4. The summed E-state index contributed by atoms with van der Waals surface area (Å²) in [7, 11) is 0. The molecule has 27 heavy (non-hydrogen) atoms. The maximum Gasteiger partial charge on any atom is 0.409 e. The number of hydrogen-bond donors (Lipinski definition) is 1. The Morgan fingerprint density at radius 1 is 1.11 bits per heavy atom. The Morgan fingerprint density at radius 3 is 2.37 bits per heavy atom. The Morgan fingerprint density at radius 2 is 1.74 bits per heavy atom. The minimum atomic E-state index is -0.416. The highest BCUT2D eigenvalue weighted by atomic mass is 19.1. The van der Waals surface area contributed by atoms with Crippen LogP contribution in [0.3, 0.4) is 0 Å². The Bertz CT molecular complexity index is 807. The summed E-state index contributed by atoms with van der Waals surface area (Å²) in [4.78, 5) is 35.6. The summed E-state index contributed by atoms with van der Waals surface area (Å²) in [6.07, 6.45) is 2.43. The zero-order valence-electron chi connectivity index (χ0n) is 14.9. The van der Waals surface area contributed by atoms with Crippen molar-refractivity contribution in [1.29, 1.82) is 0 Å². The lowest BCUT2D eigenvalue weighted by atomic mass is 10.2. The molecule has 0 unspecified atom stereocenters. The minimum absolute atomic E-state index is 0.198. The largest absolute Gasteiger partial charge is 0.450 e. The number of carbonyl (C=O) groups is 2. The molecule has 0 radical (unpaired) electrons. The summed E-state index contributed by atoms with van der Waals surface area (Å²) >= 11 is 0. The van der Waals surface area contributed by atoms with Crippen LogP contribution in [0.2, 0.25) is 0 Å². The maximum absolute atomic E-state index is 13.6. The molecule has 0 aliphatic carbocycles. The van der Waals surface area contributed by atoms with Gasteiger partial charge in [-0.05, 0) is 19.1 Å². The number of anilines is 2. The highest BCUT2D eigenvalue weighted by Gasteiger charge is 2.25. The lowest BCUT2D eigenvalue weighted by Crippen LogP contribution is -2.50. The number of ether oxygens (including phenoxy) is 1. The smallest absolute Gasteiger partial charge is 0.409 e. The summed E-state index contributed by atoms with van der Waals surface area (Å²) in [5.41, 5.74) is 0.588. The number of para-hydroxylation sites is 1. The van der Waals surface area contributed by atoms with Crippen molar-refractivity contribution in [2.24, 2.45) is 0 Å². The van der Waals surface area contributed by atoms with Crippen LogP contribution < -0.4 is 5.32 Å². The van der Waals surface area contributed by atoms with Crippen molar-refractivity contribution in [3.8, 4) is 0 Å². The van der Waals surface area contributed by atoms with Gasteiger partial charge in [0.1, 0.15) is 5.82 Å². The number of amides is 2. The number of carbonyl (C=O) groups excluding carboxylic acids is 2. The van der Waals surface area contributed by atoms with Crippen LogP contribution in [-0.4, -0.2) is 64.6 Å². The average Bonchev–Trinajstić information content (AvgIpc) is 2.70. The molecule has 1 N–H and O–H groups in total. The summed E-state index contributed by atoms with van der Waals surface area (Å²) in [6, 6.07) is 6.18. The molecular weight excluding hydrogens is 353 g/mol. The third-order valence-corrected chi connectivity index (χ3v) is 4.11. The van der Waals surface area contributed by atoms with E-state index in [1.807, 2.05) is 0 Å². The second-order valence-electron chi connectivity index (χ2n) is 5.88. The number of halogens is 1. The molecule has 0 atom stereocenters. The van der Waals surface area contributed by atoms with E-state index in [1.165, 1.54) is 18.5 Å². The third-order valence-electron chi connectivity index (χ3n) is 4.11. The molecule has 2 amide bonds. The summed E-state index contributed by atoms with van der Waals surface area (Å²) in [5.74, 6) is -0.430. The molecule has 3 rings (SSSR count). The minimum Gasteiger partial charge on any atom is -0.450 e. The van der Waals surface area contributed by atoms with E-state index in [-0.39, 0.29) is 23.6 Å². The van der Waals surface area contributed by atoms with Gasteiger partial charge in [0, 0.05) is 38.6 Å². The molecule has 0 bridgehead atoms. The molecule has 9 heteroatoms. The quantitative estimate of drug-likeness (QED) is 0.885. The molecule has 2 heterocycles. The van der Waals surface area contributed by atoms with Gasteiger partial charge >= 0.3 is 6.09 Å². The zero-order chi connectivity index (χ0) is 19.2. The predicted molar refractivity (Wildman–Crippen MR) is 96.2 cm³/mol. The molecule has 8 nitrogen and oxygen atoms in total. The highest BCUT2D eigenvalue weighted by Crippen LogP contribution is 2.17. The van der Waals surface area contributed by atoms with Crippen LogP contribution in [0.4, 0.5) is 20.8 Å². The van der Waals surface area contributed by atoms with Gasteiger partial charge in [0.2, 0.25) is 5.95 Å². The van der Waals surface area contributed by atoms with Crippen LogP contribution in [0.15, 0.2) is 36.7 Å². The van der Waals surface area contributed by atoms with Gasteiger partial charge in [-0.1, -0.05) is 12.1 Å². The second-order valence-corrected chi connectivity index (χ2v) is 5.88. The van der Waals surface area contributed by atoms with Crippen molar-refractivity contribution < 1.29 is 18.7 Å². The topological polar surface area (TPSA) is 87.7 Å². The fraction of sp³-hybridized carbons (Fsp3) is 0.333. The Balaban J connectivity index is 1.58. The van der Waals surface area contributed by atoms with Crippen LogP contribution in [0.5, 0.6) is 0 Å². The number of nitrogens with one attached hydrogen (secondary N) is 1. The zero-order valence-corrected chi connectivity index (χ0v) is 14.9. The van der Waals surface area contributed by atoms with Gasteiger partial charge < -0.3 is 19.9 Å². The van der Waals surface area contributed by atoms with Crippen LogP contribution in [0.1, 0.15) is 17.3 Å². The molecule has 0 saturated carbocycles. The number of nitrogens with zero attached hydrogens (tertiary/aromatic N) is 4. The van der Waals surface area contributed by atoms with E-state index in [0.29, 0.717) is 38.3 Å². The molecule has 1 aliphatic heterocycles. The molecule has 1 aromatic heterocycles. The third kappa shape index (κ3) is 4.49. The lowest BCUT2D eigenvalue weighted by Gasteiger charge is -2.33. The molecule has 142 valence electrons. The SMILES string of the molecule is CCOC(=O)N1CCN(C(=O)c2cnc(Nc3ccccc3F)nc2)CC1. The summed E-state index contributed by atoms with van der Waals surface area (Å²) < 4.78 is 18.6. The van der Waals surface area contributed by atoms with Gasteiger partial charge in [-0.25, -0.2) is 19.2 Å². The van der Waals surface area contributed by atoms with E-state index in [0.717, 1.165) is 0 Å². The van der Waals surface area contributed by atoms with Crippen molar-refractivity contribution in [1.82, 2.24) is 19.8 Å². The Hall–Kier alpha value is -3.23. The lowest BCUT2D eigenvalue weighted by molar-refractivity contribution is 0.0570. The first kappa shape index (κ1) is 18.6. The molecule has 1 aromatic carbocycles. The van der Waals surface area contributed by atoms with Gasteiger partial charge in [0.25, 0.3) is 5.91 Å². The van der Waals surface area contributed by atoms with Crippen molar-refractivity contribution in [2.45, 2.75) is 6.92 Å². The molecule has 1 saturated heterocycles. The maximum atomic E-state index is 13.6. The molecular formula is C18H20FN5O3. The van der Waals surface area contributed by atoms with Gasteiger partial charge in [-0.2, -0.15) is 0 Å². The van der Waals surface area contributed by atoms with E-state index in [2.05, 4.69) is 15.3 Å². The van der Waals surface area contributed by atoms with E-state index < -0.39 is 5.82 Å². The molecule has 1 fully saturated rings. The number of piperazine rings is 1. The highest BCUT2D eigenvalue weighted by molar-refractivity contribution is 5.93. The number of benzene rings is 1. The van der Waals surface area contributed by atoms with E-state index in [9.17, 15) is 14.0 Å². The van der Waals surface area contributed by atoms with Crippen molar-refractivity contribution in [3.05, 3.63) is 48.0 Å². The summed E-state index contributed by atoms with van der Waals surface area (Å²) in [5, 5.41) is 2.77. The van der Waals surface area contributed by atoms with Crippen LogP contribution >= 0.6 is 0 Å². The summed E-state index contributed by atoms with van der Waals surface area (Å²) in [6.45, 7) is 3.72. The number of aromatic nitrogens is 2. The van der Waals surface area contributed by atoms with Crippen LogP contribution in [0, 0.1) is 5.82 Å². The second kappa shape index (κ2) is 8.43. The predicted octanol–water partition coefficient (Wildman–Crippen LogP) is 2.27. The van der Waals surface area contributed by atoms with Gasteiger partial charge in [-0.3, -0.25) is 4.79 Å². The van der Waals surface area contributed by atoms with Gasteiger partial charge in [0.15, 0.2) is 0 Å². The van der Waals surface area contributed by atoms with E-state index in [4.69, 9.17) is 4.74 Å². The van der Waals surface area contributed by atoms with Crippen molar-refractivity contribution >= 4 is 23.6 Å². The average molecular weight is 373 g/mol. The van der Waals surface area contributed by atoms with Gasteiger partial charge in [-0.15, -0.1) is 0 Å². The fourth-order valence-corrected chi connectivity index (χ4v) is 2.68. The Labute approximate surface area is 156 Å². The van der Waals surface area contributed by atoms with Crippen LogP contribution in [0.25, 0.3) is 0 Å². The normalized spacial score (nSPS) is 14.0. The van der Waals surface area contributed by atoms with E-state index >= 15 is 0 Å². The Kier molecular flexibility index (Phi) is 5.80. The first-order valence-electron chi connectivity index (χ1n) is 8.63. The van der Waals surface area contributed by atoms with Gasteiger partial charge in [0.05, 0.1) is 17.9 Å².